The van der Waals surface area contributed by atoms with Gasteiger partial charge in [-0.05, 0) is 25.1 Å². The zero-order chi connectivity index (χ0) is 17.6. The Labute approximate surface area is 135 Å². The maximum atomic E-state index is 12.7. The van der Waals surface area contributed by atoms with Gasteiger partial charge in [-0.15, -0.1) is 0 Å². The Hall–Kier alpha value is -3.35. The molecule has 0 saturated heterocycles. The van der Waals surface area contributed by atoms with E-state index in [1.54, 1.807) is 0 Å². The first-order valence-electron chi connectivity index (χ1n) is 6.93. The van der Waals surface area contributed by atoms with Crippen molar-refractivity contribution in [1.82, 2.24) is 0 Å². The van der Waals surface area contributed by atoms with Gasteiger partial charge in [-0.1, -0.05) is 0 Å². The second-order valence-corrected chi connectivity index (χ2v) is 5.24. The monoisotopic (exact) mass is 330 g/mol. The van der Waals surface area contributed by atoms with Gasteiger partial charge in [0, 0.05) is 17.2 Å². The number of aromatic hydroxyl groups is 4. The summed E-state index contributed by atoms with van der Waals surface area (Å²) in [7, 11) is 1.27. The van der Waals surface area contributed by atoms with E-state index in [1.165, 1.54) is 38.3 Å². The highest BCUT2D eigenvalue weighted by molar-refractivity contribution is 5.89. The lowest BCUT2D eigenvalue weighted by Crippen LogP contribution is -2.08. The van der Waals surface area contributed by atoms with E-state index in [1.807, 2.05) is 0 Å². The summed E-state index contributed by atoms with van der Waals surface area (Å²) >= 11 is 0. The van der Waals surface area contributed by atoms with Crippen LogP contribution in [0.3, 0.4) is 0 Å². The molecule has 24 heavy (non-hydrogen) atoms. The van der Waals surface area contributed by atoms with Gasteiger partial charge >= 0.3 is 0 Å². The average Bonchev–Trinajstić information content (AvgIpc) is 2.54. The fourth-order valence-electron chi connectivity index (χ4n) is 2.44. The number of hydrogen-bond donors (Lipinski definition) is 4. The third-order valence-corrected chi connectivity index (χ3v) is 3.78. The summed E-state index contributed by atoms with van der Waals surface area (Å²) in [6.07, 6.45) is 0. The van der Waals surface area contributed by atoms with Crippen LogP contribution in [0, 0.1) is 6.92 Å². The summed E-state index contributed by atoms with van der Waals surface area (Å²) in [4.78, 5) is 12.7. The Kier molecular flexibility index (Phi) is 3.48. The zero-order valence-electron chi connectivity index (χ0n) is 12.8. The van der Waals surface area contributed by atoms with Gasteiger partial charge in [-0.2, -0.15) is 0 Å². The van der Waals surface area contributed by atoms with Crippen LogP contribution in [0.5, 0.6) is 28.7 Å². The number of methoxy groups -OCH3 is 1. The minimum Gasteiger partial charge on any atom is -0.507 e. The van der Waals surface area contributed by atoms with E-state index in [-0.39, 0.29) is 45.1 Å². The molecule has 0 saturated carbocycles. The van der Waals surface area contributed by atoms with Crippen LogP contribution in [-0.2, 0) is 0 Å². The highest BCUT2D eigenvalue weighted by Crippen LogP contribution is 2.39. The SMILES string of the molecule is COc1c(-c2ccc(O)c(O)c2)oc2cc(O)c(C)c(O)c2c1=O. The summed E-state index contributed by atoms with van der Waals surface area (Å²) in [5, 5.41) is 38.9. The highest BCUT2D eigenvalue weighted by atomic mass is 16.5. The summed E-state index contributed by atoms with van der Waals surface area (Å²) in [6, 6.07) is 5.08. The molecule has 1 aromatic heterocycles. The molecule has 0 bridgehead atoms. The first kappa shape index (κ1) is 15.5. The van der Waals surface area contributed by atoms with Crippen molar-refractivity contribution < 1.29 is 29.6 Å². The van der Waals surface area contributed by atoms with Gasteiger partial charge in [0.05, 0.1) is 7.11 Å². The molecule has 4 N–H and O–H groups in total. The molecule has 0 amide bonds. The molecule has 124 valence electrons. The van der Waals surface area contributed by atoms with Crippen LogP contribution < -0.4 is 10.2 Å². The number of hydrogen-bond acceptors (Lipinski definition) is 7. The molecule has 2 aromatic carbocycles. The standard InChI is InChI=1S/C17H14O7/c1-7-10(19)6-12-13(14(7)21)15(22)17(23-2)16(24-12)8-3-4-9(18)11(20)5-8/h3-6,18-21H,1-2H3. The lowest BCUT2D eigenvalue weighted by atomic mass is 10.1. The molecule has 0 aliphatic heterocycles. The van der Waals surface area contributed by atoms with Gasteiger partial charge in [-0.3, -0.25) is 4.79 Å². The average molecular weight is 330 g/mol. The van der Waals surface area contributed by atoms with E-state index >= 15 is 0 Å². The van der Waals surface area contributed by atoms with E-state index in [2.05, 4.69) is 0 Å². The van der Waals surface area contributed by atoms with Gasteiger partial charge in [0.2, 0.25) is 11.2 Å². The number of ether oxygens (including phenoxy) is 1. The van der Waals surface area contributed by atoms with Crippen molar-refractivity contribution in [2.45, 2.75) is 6.92 Å². The number of benzene rings is 2. The molecule has 0 atom stereocenters. The molecule has 0 aliphatic rings. The van der Waals surface area contributed by atoms with Crippen LogP contribution in [0.1, 0.15) is 5.56 Å². The van der Waals surface area contributed by atoms with Crippen molar-refractivity contribution in [3.8, 4) is 40.1 Å². The Balaban J connectivity index is 2.43. The van der Waals surface area contributed by atoms with E-state index < -0.39 is 16.9 Å². The molecule has 7 nitrogen and oxygen atoms in total. The number of phenolic OH excluding ortho intramolecular Hbond substituents is 4. The molecule has 1 heterocycles. The molecular formula is C17H14O7. The Morgan fingerprint density at radius 1 is 1.00 bits per heavy atom. The quantitative estimate of drug-likeness (QED) is 0.533. The minimum atomic E-state index is -0.623. The smallest absolute Gasteiger partial charge is 0.239 e. The predicted molar refractivity (Wildman–Crippen MR) is 85.9 cm³/mol. The molecule has 0 radical (unpaired) electrons. The minimum absolute atomic E-state index is 0.00652. The summed E-state index contributed by atoms with van der Waals surface area (Å²) < 4.78 is 10.7. The van der Waals surface area contributed by atoms with Crippen molar-refractivity contribution in [3.63, 3.8) is 0 Å². The highest BCUT2D eigenvalue weighted by Gasteiger charge is 2.22. The Morgan fingerprint density at radius 3 is 2.33 bits per heavy atom. The van der Waals surface area contributed by atoms with Gasteiger partial charge in [0.1, 0.15) is 22.5 Å². The van der Waals surface area contributed by atoms with Crippen molar-refractivity contribution in [2.75, 3.05) is 7.11 Å². The third-order valence-electron chi connectivity index (χ3n) is 3.78. The maximum absolute atomic E-state index is 12.7. The van der Waals surface area contributed by atoms with Crippen LogP contribution in [0.2, 0.25) is 0 Å². The largest absolute Gasteiger partial charge is 0.507 e. The molecule has 0 fully saturated rings. The second-order valence-electron chi connectivity index (χ2n) is 5.24. The summed E-state index contributed by atoms with van der Waals surface area (Å²) in [6.45, 7) is 1.46. The van der Waals surface area contributed by atoms with E-state index in [4.69, 9.17) is 9.15 Å². The number of phenols is 4. The van der Waals surface area contributed by atoms with Crippen molar-refractivity contribution in [1.29, 1.82) is 0 Å². The number of rotatable bonds is 2. The van der Waals surface area contributed by atoms with Crippen LogP contribution in [-0.4, -0.2) is 27.5 Å². The van der Waals surface area contributed by atoms with E-state index in [0.717, 1.165) is 0 Å². The van der Waals surface area contributed by atoms with Gasteiger partial charge in [0.15, 0.2) is 17.3 Å². The topological polar surface area (TPSA) is 120 Å². The van der Waals surface area contributed by atoms with E-state index in [9.17, 15) is 25.2 Å². The molecule has 3 rings (SSSR count). The fourth-order valence-corrected chi connectivity index (χ4v) is 2.44. The molecule has 3 aromatic rings. The van der Waals surface area contributed by atoms with Crippen LogP contribution in [0.15, 0.2) is 33.5 Å². The molecule has 0 aliphatic carbocycles. The molecule has 0 unspecified atom stereocenters. The lowest BCUT2D eigenvalue weighted by molar-refractivity contribution is 0.395. The fraction of sp³-hybridized carbons (Fsp3) is 0.118. The predicted octanol–water partition coefficient (Wildman–Crippen LogP) is 2.60. The normalized spacial score (nSPS) is 10.9. The first-order valence-corrected chi connectivity index (χ1v) is 6.93. The van der Waals surface area contributed by atoms with Crippen molar-refractivity contribution in [2.24, 2.45) is 0 Å². The van der Waals surface area contributed by atoms with Gasteiger partial charge < -0.3 is 29.6 Å². The van der Waals surface area contributed by atoms with Crippen LogP contribution in [0.25, 0.3) is 22.3 Å². The second kappa shape index (κ2) is 5.38. The van der Waals surface area contributed by atoms with Crippen molar-refractivity contribution >= 4 is 11.0 Å². The molecule has 7 heteroatoms. The lowest BCUT2D eigenvalue weighted by Gasteiger charge is -2.12. The Bertz CT molecular complexity index is 1020. The van der Waals surface area contributed by atoms with Crippen LogP contribution >= 0.6 is 0 Å². The first-order chi connectivity index (χ1) is 11.3. The summed E-state index contributed by atoms with van der Waals surface area (Å²) in [5.74, 6) is -1.52. The number of fused-ring (bicyclic) bond motifs is 1. The summed E-state index contributed by atoms with van der Waals surface area (Å²) in [5.41, 5.74) is -0.238. The molecular weight excluding hydrogens is 316 g/mol. The van der Waals surface area contributed by atoms with E-state index in [0.29, 0.717) is 0 Å². The van der Waals surface area contributed by atoms with Crippen molar-refractivity contribution in [3.05, 3.63) is 40.1 Å². The van der Waals surface area contributed by atoms with Gasteiger partial charge in [0.25, 0.3) is 0 Å². The molecule has 0 spiro atoms. The van der Waals surface area contributed by atoms with Crippen LogP contribution in [0.4, 0.5) is 0 Å². The van der Waals surface area contributed by atoms with Gasteiger partial charge in [-0.25, -0.2) is 0 Å². The third kappa shape index (κ3) is 2.18. The maximum Gasteiger partial charge on any atom is 0.239 e. The Morgan fingerprint density at radius 2 is 1.71 bits per heavy atom. The zero-order valence-corrected chi connectivity index (χ0v) is 12.8.